The number of halogens is 1. The van der Waals surface area contributed by atoms with Crippen molar-refractivity contribution < 1.29 is 19.1 Å². The smallest absolute Gasteiger partial charge is 0.413 e. The van der Waals surface area contributed by atoms with Gasteiger partial charge in [0.25, 0.3) is 5.91 Å². The first kappa shape index (κ1) is 21.2. The predicted octanol–water partition coefficient (Wildman–Crippen LogP) is 5.37. The number of anilines is 2. The largest absolute Gasteiger partial charge is 0.488 e. The Morgan fingerprint density at radius 3 is 2.30 bits per heavy atom. The van der Waals surface area contributed by atoms with Crippen LogP contribution in [0.25, 0.3) is 0 Å². The average Bonchev–Trinajstić information content (AvgIpc) is 2.78. The van der Waals surface area contributed by atoms with Gasteiger partial charge in [-0.1, -0.05) is 35.9 Å². The lowest BCUT2D eigenvalue weighted by molar-refractivity contribution is 0.102. The zero-order valence-corrected chi connectivity index (χ0v) is 17.3. The van der Waals surface area contributed by atoms with E-state index in [4.69, 9.17) is 16.3 Å². The van der Waals surface area contributed by atoms with E-state index in [0.29, 0.717) is 34.3 Å². The number of nitrogens with one attached hydrogen (secondary N) is 1. The molecule has 0 aliphatic heterocycles. The van der Waals surface area contributed by atoms with Gasteiger partial charge in [0, 0.05) is 23.4 Å². The van der Waals surface area contributed by atoms with Crippen LogP contribution >= 0.6 is 11.6 Å². The number of hydrogen-bond donors (Lipinski definition) is 1. The van der Waals surface area contributed by atoms with E-state index in [1.807, 2.05) is 18.2 Å². The minimum Gasteiger partial charge on any atom is -0.488 e. The zero-order valence-electron chi connectivity index (χ0n) is 16.6. The minimum atomic E-state index is -0.474. The quantitative estimate of drug-likeness (QED) is 0.577. The maximum absolute atomic E-state index is 12.8. The number of amides is 2. The minimum absolute atomic E-state index is 0.296. The first-order valence-corrected chi connectivity index (χ1v) is 9.55. The van der Waals surface area contributed by atoms with Gasteiger partial charge < -0.3 is 14.8 Å². The summed E-state index contributed by atoms with van der Waals surface area (Å²) in [5.74, 6) is 0.183. The molecule has 30 heavy (non-hydrogen) atoms. The van der Waals surface area contributed by atoms with Gasteiger partial charge in [-0.25, -0.2) is 4.79 Å². The zero-order chi connectivity index (χ0) is 21.5. The van der Waals surface area contributed by atoms with Crippen LogP contribution in [-0.4, -0.2) is 26.2 Å². The molecule has 2 amide bonds. The monoisotopic (exact) mass is 424 g/mol. The average molecular weight is 425 g/mol. The summed E-state index contributed by atoms with van der Waals surface area (Å²) >= 11 is 5.90. The topological polar surface area (TPSA) is 67.9 Å². The van der Waals surface area contributed by atoms with Crippen molar-refractivity contribution in [1.82, 2.24) is 0 Å². The molecular formula is C23H21ClN2O4. The Kier molecular flexibility index (Phi) is 6.93. The SMILES string of the molecule is COC(=O)N(C)c1ccc(NC(=O)c2ccccc2OCc2ccc(Cl)cc2)cc1. The van der Waals surface area contributed by atoms with Gasteiger partial charge >= 0.3 is 6.09 Å². The molecule has 0 saturated heterocycles. The van der Waals surface area contributed by atoms with Gasteiger partial charge in [0.2, 0.25) is 0 Å². The Balaban J connectivity index is 1.68. The van der Waals surface area contributed by atoms with E-state index in [9.17, 15) is 9.59 Å². The molecule has 0 aliphatic carbocycles. The number of ether oxygens (including phenoxy) is 2. The van der Waals surface area contributed by atoms with E-state index in [-0.39, 0.29) is 5.91 Å². The first-order valence-electron chi connectivity index (χ1n) is 9.17. The summed E-state index contributed by atoms with van der Waals surface area (Å²) in [4.78, 5) is 25.7. The molecule has 0 radical (unpaired) electrons. The predicted molar refractivity (Wildman–Crippen MR) is 117 cm³/mol. The third-order valence-corrected chi connectivity index (χ3v) is 4.65. The molecule has 7 heteroatoms. The fourth-order valence-corrected chi connectivity index (χ4v) is 2.86. The van der Waals surface area contributed by atoms with Crippen molar-refractivity contribution in [2.24, 2.45) is 0 Å². The third-order valence-electron chi connectivity index (χ3n) is 4.40. The highest BCUT2D eigenvalue weighted by molar-refractivity contribution is 6.30. The summed E-state index contributed by atoms with van der Waals surface area (Å²) < 4.78 is 10.5. The molecule has 0 aromatic heterocycles. The van der Waals surface area contributed by atoms with Crippen molar-refractivity contribution in [2.45, 2.75) is 6.61 Å². The van der Waals surface area contributed by atoms with E-state index in [1.54, 1.807) is 61.6 Å². The van der Waals surface area contributed by atoms with Crippen LogP contribution in [0.5, 0.6) is 5.75 Å². The van der Waals surface area contributed by atoms with Gasteiger partial charge in [-0.05, 0) is 54.1 Å². The standard InChI is InChI=1S/C23H21ClN2O4/c1-26(23(28)29-2)19-13-11-18(12-14-19)25-22(27)20-5-3-4-6-21(20)30-15-16-7-9-17(24)10-8-16/h3-14H,15H2,1-2H3,(H,25,27). The molecule has 0 aliphatic rings. The molecule has 1 N–H and O–H groups in total. The van der Waals surface area contributed by atoms with Crippen molar-refractivity contribution in [3.63, 3.8) is 0 Å². The molecule has 3 aromatic carbocycles. The molecule has 0 fully saturated rings. The Morgan fingerprint density at radius 2 is 1.63 bits per heavy atom. The Morgan fingerprint density at radius 1 is 0.967 bits per heavy atom. The molecule has 0 bridgehead atoms. The van der Waals surface area contributed by atoms with E-state index in [2.05, 4.69) is 10.1 Å². The first-order chi connectivity index (χ1) is 14.5. The highest BCUT2D eigenvalue weighted by Crippen LogP contribution is 2.23. The van der Waals surface area contributed by atoms with Gasteiger partial charge in [-0.2, -0.15) is 0 Å². The number of benzene rings is 3. The van der Waals surface area contributed by atoms with Crippen LogP contribution in [-0.2, 0) is 11.3 Å². The van der Waals surface area contributed by atoms with E-state index in [1.165, 1.54) is 12.0 Å². The lowest BCUT2D eigenvalue weighted by atomic mass is 10.1. The van der Waals surface area contributed by atoms with Crippen LogP contribution in [0, 0.1) is 0 Å². The number of para-hydroxylation sites is 1. The molecular weight excluding hydrogens is 404 g/mol. The van der Waals surface area contributed by atoms with Crippen molar-refractivity contribution in [1.29, 1.82) is 0 Å². The van der Waals surface area contributed by atoms with Crippen LogP contribution in [0.2, 0.25) is 5.02 Å². The Hall–Kier alpha value is -3.51. The summed E-state index contributed by atoms with van der Waals surface area (Å²) in [7, 11) is 2.92. The fourth-order valence-electron chi connectivity index (χ4n) is 2.73. The second kappa shape index (κ2) is 9.80. The van der Waals surface area contributed by atoms with Crippen molar-refractivity contribution >= 4 is 35.0 Å². The van der Waals surface area contributed by atoms with Crippen molar-refractivity contribution in [3.8, 4) is 5.75 Å². The Labute approximate surface area is 180 Å². The number of hydrogen-bond acceptors (Lipinski definition) is 4. The van der Waals surface area contributed by atoms with Crippen LogP contribution in [0.3, 0.4) is 0 Å². The van der Waals surface area contributed by atoms with Crippen molar-refractivity contribution in [3.05, 3.63) is 88.9 Å². The van der Waals surface area contributed by atoms with Crippen LogP contribution in [0.4, 0.5) is 16.2 Å². The van der Waals surface area contributed by atoms with Gasteiger partial charge in [0.05, 0.1) is 12.7 Å². The van der Waals surface area contributed by atoms with Crippen LogP contribution < -0.4 is 15.0 Å². The van der Waals surface area contributed by atoms with E-state index in [0.717, 1.165) is 5.56 Å². The summed E-state index contributed by atoms with van der Waals surface area (Å²) in [5, 5.41) is 3.50. The van der Waals surface area contributed by atoms with Crippen LogP contribution in [0.15, 0.2) is 72.8 Å². The summed E-state index contributed by atoms with van der Waals surface area (Å²) in [6.45, 7) is 0.315. The molecule has 0 atom stereocenters. The second-order valence-corrected chi connectivity index (χ2v) is 6.88. The van der Waals surface area contributed by atoms with Gasteiger partial charge in [-0.3, -0.25) is 9.69 Å². The van der Waals surface area contributed by atoms with Crippen molar-refractivity contribution in [2.75, 3.05) is 24.4 Å². The molecule has 0 saturated carbocycles. The summed E-state index contributed by atoms with van der Waals surface area (Å²) in [6, 6.07) is 21.2. The van der Waals surface area contributed by atoms with E-state index < -0.39 is 6.09 Å². The molecule has 0 heterocycles. The number of carbonyl (C=O) groups excluding carboxylic acids is 2. The molecule has 0 unspecified atom stereocenters. The summed E-state index contributed by atoms with van der Waals surface area (Å²) in [6.07, 6.45) is -0.474. The van der Waals surface area contributed by atoms with E-state index >= 15 is 0 Å². The molecule has 154 valence electrons. The van der Waals surface area contributed by atoms with Crippen LogP contribution in [0.1, 0.15) is 15.9 Å². The molecule has 6 nitrogen and oxygen atoms in total. The van der Waals surface area contributed by atoms with Gasteiger partial charge in [-0.15, -0.1) is 0 Å². The maximum Gasteiger partial charge on any atom is 0.413 e. The highest BCUT2D eigenvalue weighted by atomic mass is 35.5. The maximum atomic E-state index is 12.8. The third kappa shape index (κ3) is 5.30. The van der Waals surface area contributed by atoms with Gasteiger partial charge in [0.1, 0.15) is 12.4 Å². The number of rotatable bonds is 6. The molecule has 0 spiro atoms. The molecule has 3 rings (SSSR count). The lowest BCUT2D eigenvalue weighted by Crippen LogP contribution is -2.25. The molecule has 3 aromatic rings. The Bertz CT molecular complexity index is 1020. The summed E-state index contributed by atoms with van der Waals surface area (Å²) in [5.41, 5.74) is 2.60. The number of carbonyl (C=O) groups is 2. The number of methoxy groups -OCH3 is 1. The van der Waals surface area contributed by atoms with Gasteiger partial charge in [0.15, 0.2) is 0 Å². The second-order valence-electron chi connectivity index (χ2n) is 6.44. The fraction of sp³-hybridized carbons (Fsp3) is 0.130. The number of nitrogens with zero attached hydrogens (tertiary/aromatic N) is 1. The highest BCUT2D eigenvalue weighted by Gasteiger charge is 2.14. The normalized spacial score (nSPS) is 10.2. The lowest BCUT2D eigenvalue weighted by Gasteiger charge is -2.16.